The molecule has 0 aromatic heterocycles. The quantitative estimate of drug-likeness (QED) is 0.724. The van der Waals surface area contributed by atoms with Gasteiger partial charge in [-0.05, 0) is 39.4 Å². The summed E-state index contributed by atoms with van der Waals surface area (Å²) in [5.74, 6) is 0.753. The van der Waals surface area contributed by atoms with Gasteiger partial charge in [0.25, 0.3) is 0 Å². The van der Waals surface area contributed by atoms with Crippen molar-refractivity contribution in [3.8, 4) is 0 Å². The van der Waals surface area contributed by atoms with Crippen molar-refractivity contribution in [2.24, 2.45) is 11.8 Å². The normalized spacial score (nSPS) is 13.6. The fourth-order valence-electron chi connectivity index (χ4n) is 1.55. The lowest BCUT2D eigenvalue weighted by atomic mass is 9.98. The third-order valence-corrected chi connectivity index (χ3v) is 2.78. The number of nitrogens with one attached hydrogen (secondary N) is 1. The van der Waals surface area contributed by atoms with Crippen LogP contribution < -0.4 is 5.32 Å². The zero-order valence-electron chi connectivity index (χ0n) is 11.7. The Balaban J connectivity index is 4.03. The molecule has 0 spiro atoms. The molecule has 0 aromatic rings. The van der Waals surface area contributed by atoms with Gasteiger partial charge < -0.3 is 10.2 Å². The van der Waals surface area contributed by atoms with Crippen molar-refractivity contribution in [1.82, 2.24) is 10.2 Å². The molecule has 96 valence electrons. The maximum absolute atomic E-state index is 11.6. The zero-order chi connectivity index (χ0) is 12.7. The topological polar surface area (TPSA) is 32.3 Å². The Morgan fingerprint density at radius 2 is 1.75 bits per heavy atom. The second-order valence-corrected chi connectivity index (χ2v) is 5.46. The Kier molecular flexibility index (Phi) is 7.39. The van der Waals surface area contributed by atoms with Crippen molar-refractivity contribution < 1.29 is 4.79 Å². The molecule has 0 aliphatic heterocycles. The van der Waals surface area contributed by atoms with Crippen molar-refractivity contribution in [3.63, 3.8) is 0 Å². The van der Waals surface area contributed by atoms with Gasteiger partial charge in [0.1, 0.15) is 0 Å². The summed E-state index contributed by atoms with van der Waals surface area (Å²) in [5.41, 5.74) is 0. The average Bonchev–Trinajstić information content (AvgIpc) is 2.14. The molecule has 0 unspecified atom stereocenters. The van der Waals surface area contributed by atoms with Crippen LogP contribution >= 0.6 is 0 Å². The highest BCUT2D eigenvalue weighted by Crippen LogP contribution is 2.10. The predicted octanol–water partition coefficient (Wildman–Crippen LogP) is 2.12. The Labute approximate surface area is 101 Å². The molecular weight excluding hydrogens is 200 g/mol. The Morgan fingerprint density at radius 1 is 1.19 bits per heavy atom. The molecule has 0 fully saturated rings. The van der Waals surface area contributed by atoms with Gasteiger partial charge in [0.2, 0.25) is 5.91 Å². The highest BCUT2D eigenvalue weighted by atomic mass is 16.1. The SMILES string of the molecule is CC(C)C(=O)N[C@@H](CCCN(C)C)C(C)C. The lowest BCUT2D eigenvalue weighted by Gasteiger charge is -2.24. The van der Waals surface area contributed by atoms with Gasteiger partial charge in [-0.15, -0.1) is 0 Å². The second kappa shape index (κ2) is 7.66. The summed E-state index contributed by atoms with van der Waals surface area (Å²) in [6.07, 6.45) is 2.20. The van der Waals surface area contributed by atoms with Crippen LogP contribution in [-0.4, -0.2) is 37.5 Å². The lowest BCUT2D eigenvalue weighted by molar-refractivity contribution is -0.125. The number of hydrogen-bond donors (Lipinski definition) is 1. The number of carbonyl (C=O) groups excluding carboxylic acids is 1. The second-order valence-electron chi connectivity index (χ2n) is 5.46. The summed E-state index contributed by atoms with van der Waals surface area (Å²) < 4.78 is 0. The van der Waals surface area contributed by atoms with Crippen molar-refractivity contribution in [2.75, 3.05) is 20.6 Å². The fourth-order valence-corrected chi connectivity index (χ4v) is 1.55. The van der Waals surface area contributed by atoms with Crippen LogP contribution in [0.5, 0.6) is 0 Å². The maximum Gasteiger partial charge on any atom is 0.222 e. The Bertz CT molecular complexity index is 200. The summed E-state index contributed by atoms with van der Waals surface area (Å²) in [5, 5.41) is 3.13. The molecule has 0 radical (unpaired) electrons. The Hall–Kier alpha value is -0.570. The van der Waals surface area contributed by atoms with Crippen molar-refractivity contribution in [3.05, 3.63) is 0 Å². The van der Waals surface area contributed by atoms with Crippen molar-refractivity contribution in [1.29, 1.82) is 0 Å². The zero-order valence-corrected chi connectivity index (χ0v) is 11.7. The van der Waals surface area contributed by atoms with E-state index < -0.39 is 0 Å². The van der Waals surface area contributed by atoms with Gasteiger partial charge in [0, 0.05) is 12.0 Å². The third-order valence-electron chi connectivity index (χ3n) is 2.78. The highest BCUT2D eigenvalue weighted by Gasteiger charge is 2.17. The van der Waals surface area contributed by atoms with Crippen LogP contribution in [0, 0.1) is 11.8 Å². The minimum Gasteiger partial charge on any atom is -0.353 e. The Morgan fingerprint density at radius 3 is 2.12 bits per heavy atom. The molecule has 0 heterocycles. The number of nitrogens with zero attached hydrogens (tertiary/aromatic N) is 1. The molecule has 0 aliphatic rings. The fraction of sp³-hybridized carbons (Fsp3) is 0.923. The largest absolute Gasteiger partial charge is 0.353 e. The van der Waals surface area contributed by atoms with E-state index in [0.29, 0.717) is 12.0 Å². The average molecular weight is 228 g/mol. The molecule has 1 N–H and O–H groups in total. The van der Waals surface area contributed by atoms with Gasteiger partial charge in [0.15, 0.2) is 0 Å². The molecule has 0 saturated heterocycles. The number of hydrogen-bond acceptors (Lipinski definition) is 2. The van der Waals surface area contributed by atoms with E-state index in [4.69, 9.17) is 0 Å². The van der Waals surface area contributed by atoms with E-state index in [2.05, 4.69) is 38.2 Å². The standard InChI is InChI=1S/C13H28N2O/c1-10(2)12(8-7-9-15(5)6)14-13(16)11(3)4/h10-12H,7-9H2,1-6H3,(H,14,16)/t12-/m0/s1. The molecule has 16 heavy (non-hydrogen) atoms. The molecule has 0 saturated carbocycles. The van der Waals surface area contributed by atoms with E-state index in [1.807, 2.05) is 13.8 Å². The monoisotopic (exact) mass is 228 g/mol. The van der Waals surface area contributed by atoms with E-state index in [0.717, 1.165) is 19.4 Å². The molecule has 0 aromatic carbocycles. The minimum absolute atomic E-state index is 0.0788. The smallest absolute Gasteiger partial charge is 0.222 e. The van der Waals surface area contributed by atoms with Crippen LogP contribution in [0.3, 0.4) is 0 Å². The summed E-state index contributed by atoms with van der Waals surface area (Å²) in [6, 6.07) is 0.315. The van der Waals surface area contributed by atoms with Crippen molar-refractivity contribution in [2.45, 2.75) is 46.6 Å². The van der Waals surface area contributed by atoms with Gasteiger partial charge in [0.05, 0.1) is 0 Å². The first-order valence-electron chi connectivity index (χ1n) is 6.29. The van der Waals surface area contributed by atoms with E-state index >= 15 is 0 Å². The number of amides is 1. The van der Waals surface area contributed by atoms with Crippen LogP contribution in [0.1, 0.15) is 40.5 Å². The molecule has 3 nitrogen and oxygen atoms in total. The van der Waals surface area contributed by atoms with Crippen LogP contribution in [0.25, 0.3) is 0 Å². The highest BCUT2D eigenvalue weighted by molar-refractivity contribution is 5.78. The summed E-state index contributed by atoms with van der Waals surface area (Å²) >= 11 is 0. The van der Waals surface area contributed by atoms with Crippen LogP contribution in [0.2, 0.25) is 0 Å². The van der Waals surface area contributed by atoms with E-state index in [-0.39, 0.29) is 11.8 Å². The van der Waals surface area contributed by atoms with Crippen LogP contribution in [-0.2, 0) is 4.79 Å². The minimum atomic E-state index is 0.0788. The lowest BCUT2D eigenvalue weighted by Crippen LogP contribution is -2.41. The molecule has 0 rings (SSSR count). The number of rotatable bonds is 7. The summed E-state index contributed by atoms with van der Waals surface area (Å²) in [6.45, 7) is 9.29. The van der Waals surface area contributed by atoms with Crippen LogP contribution in [0.4, 0.5) is 0 Å². The first-order chi connectivity index (χ1) is 7.34. The van der Waals surface area contributed by atoms with Gasteiger partial charge >= 0.3 is 0 Å². The predicted molar refractivity (Wildman–Crippen MR) is 69.4 cm³/mol. The number of carbonyl (C=O) groups is 1. The molecule has 0 bridgehead atoms. The van der Waals surface area contributed by atoms with Gasteiger partial charge in [-0.3, -0.25) is 4.79 Å². The molecule has 1 amide bonds. The van der Waals surface area contributed by atoms with Gasteiger partial charge in [-0.2, -0.15) is 0 Å². The molecular formula is C13H28N2O. The van der Waals surface area contributed by atoms with E-state index in [9.17, 15) is 4.79 Å². The van der Waals surface area contributed by atoms with Crippen LogP contribution in [0.15, 0.2) is 0 Å². The summed E-state index contributed by atoms with van der Waals surface area (Å²) in [4.78, 5) is 13.8. The molecule has 1 atom stereocenters. The molecule has 3 heteroatoms. The van der Waals surface area contributed by atoms with E-state index in [1.165, 1.54) is 0 Å². The van der Waals surface area contributed by atoms with Gasteiger partial charge in [-0.1, -0.05) is 27.7 Å². The first-order valence-corrected chi connectivity index (χ1v) is 6.29. The molecule has 0 aliphatic carbocycles. The summed E-state index contributed by atoms with van der Waals surface area (Å²) in [7, 11) is 4.16. The van der Waals surface area contributed by atoms with Gasteiger partial charge in [-0.25, -0.2) is 0 Å². The van der Waals surface area contributed by atoms with Crippen molar-refractivity contribution >= 4 is 5.91 Å². The first kappa shape index (κ1) is 15.4. The van der Waals surface area contributed by atoms with E-state index in [1.54, 1.807) is 0 Å². The maximum atomic E-state index is 11.6. The third kappa shape index (κ3) is 6.83.